The lowest BCUT2D eigenvalue weighted by Crippen LogP contribution is -2.29. The number of aryl methyl sites for hydroxylation is 2. The molecule has 2 aromatic heterocycles. The molecule has 1 amide bonds. The number of pyridine rings is 1. The Labute approximate surface area is 141 Å². The smallest absolute Gasteiger partial charge is 0.256 e. The van der Waals surface area contributed by atoms with E-state index in [9.17, 15) is 4.79 Å². The molecule has 1 fully saturated rings. The predicted octanol–water partition coefficient (Wildman–Crippen LogP) is 1.49. The Morgan fingerprint density at radius 1 is 1.50 bits per heavy atom. The zero-order chi connectivity index (χ0) is 16.9. The molecule has 0 aliphatic carbocycles. The number of carbonyl (C=O) groups is 1. The first-order chi connectivity index (χ1) is 11.6. The van der Waals surface area contributed by atoms with Gasteiger partial charge in [0.25, 0.3) is 5.91 Å². The maximum Gasteiger partial charge on any atom is 0.256 e. The van der Waals surface area contributed by atoms with Gasteiger partial charge < -0.3 is 14.8 Å². The van der Waals surface area contributed by atoms with Gasteiger partial charge in [0.05, 0.1) is 25.5 Å². The van der Waals surface area contributed by atoms with Crippen LogP contribution in [0.5, 0.6) is 5.88 Å². The van der Waals surface area contributed by atoms with Gasteiger partial charge in [-0.3, -0.25) is 9.48 Å². The predicted molar refractivity (Wildman–Crippen MR) is 88.1 cm³/mol. The molecule has 0 unspecified atom stereocenters. The maximum absolute atomic E-state index is 12.4. The topological polar surface area (TPSA) is 78.3 Å². The van der Waals surface area contributed by atoms with Gasteiger partial charge in [0.1, 0.15) is 11.7 Å². The Balaban J connectivity index is 1.59. The average molecular weight is 330 g/mol. The van der Waals surface area contributed by atoms with Gasteiger partial charge in [-0.15, -0.1) is 0 Å². The van der Waals surface area contributed by atoms with E-state index in [2.05, 4.69) is 15.4 Å². The van der Waals surface area contributed by atoms with Crippen molar-refractivity contribution in [1.29, 1.82) is 0 Å². The van der Waals surface area contributed by atoms with Gasteiger partial charge >= 0.3 is 0 Å². The van der Waals surface area contributed by atoms with E-state index >= 15 is 0 Å². The van der Waals surface area contributed by atoms with Crippen molar-refractivity contribution in [3.05, 3.63) is 41.3 Å². The van der Waals surface area contributed by atoms with Crippen molar-refractivity contribution < 1.29 is 14.3 Å². The van der Waals surface area contributed by atoms with Gasteiger partial charge in [-0.05, 0) is 32.0 Å². The standard InChI is InChI=1S/C17H22N4O3/c1-12-10-13(2)21(20-12)8-7-18-16(22)15-4-3-6-19-17(15)24-14-5-9-23-11-14/h3-4,6,10,14H,5,7-9,11H2,1-2H3,(H,18,22)/t14-/m1/s1. The Hall–Kier alpha value is -2.41. The van der Waals surface area contributed by atoms with Crippen LogP contribution in [0.4, 0.5) is 0 Å². The fourth-order valence-electron chi connectivity index (χ4n) is 2.69. The lowest BCUT2D eigenvalue weighted by molar-refractivity contribution is 0.0938. The molecule has 1 aliphatic heterocycles. The fourth-order valence-corrected chi connectivity index (χ4v) is 2.69. The molecule has 1 N–H and O–H groups in total. The Bertz CT molecular complexity index is 708. The third kappa shape index (κ3) is 3.91. The summed E-state index contributed by atoms with van der Waals surface area (Å²) in [6, 6.07) is 5.46. The number of aromatic nitrogens is 3. The Morgan fingerprint density at radius 3 is 3.08 bits per heavy atom. The lowest BCUT2D eigenvalue weighted by atomic mass is 10.2. The van der Waals surface area contributed by atoms with Gasteiger partial charge in [-0.2, -0.15) is 5.10 Å². The van der Waals surface area contributed by atoms with Gasteiger partial charge in [0, 0.05) is 24.9 Å². The molecular formula is C17H22N4O3. The molecular weight excluding hydrogens is 308 g/mol. The molecule has 1 saturated heterocycles. The molecule has 0 bridgehead atoms. The van der Waals surface area contributed by atoms with E-state index in [-0.39, 0.29) is 12.0 Å². The van der Waals surface area contributed by atoms with Crippen molar-refractivity contribution in [2.45, 2.75) is 32.9 Å². The van der Waals surface area contributed by atoms with Crippen LogP contribution in [0.1, 0.15) is 28.2 Å². The number of nitrogens with zero attached hydrogens (tertiary/aromatic N) is 3. The number of ether oxygens (including phenoxy) is 2. The van der Waals surface area contributed by atoms with Crippen LogP contribution in [0.3, 0.4) is 0 Å². The second kappa shape index (κ2) is 7.44. The molecule has 2 aromatic rings. The largest absolute Gasteiger partial charge is 0.471 e. The van der Waals surface area contributed by atoms with Crippen LogP contribution in [0, 0.1) is 13.8 Å². The highest BCUT2D eigenvalue weighted by atomic mass is 16.5. The van der Waals surface area contributed by atoms with Gasteiger partial charge in [0.2, 0.25) is 5.88 Å². The van der Waals surface area contributed by atoms with Crippen LogP contribution in [0.25, 0.3) is 0 Å². The van der Waals surface area contributed by atoms with Crippen LogP contribution in [0.15, 0.2) is 24.4 Å². The van der Waals surface area contributed by atoms with E-state index in [0.29, 0.717) is 37.7 Å². The number of amides is 1. The molecule has 0 radical (unpaired) electrons. The molecule has 3 heterocycles. The summed E-state index contributed by atoms with van der Waals surface area (Å²) >= 11 is 0. The zero-order valence-electron chi connectivity index (χ0n) is 14.0. The normalized spacial score (nSPS) is 17.0. The summed E-state index contributed by atoms with van der Waals surface area (Å²) in [5, 5.41) is 7.28. The molecule has 0 saturated carbocycles. The van der Waals surface area contributed by atoms with Gasteiger partial charge in [0.15, 0.2) is 0 Å². The summed E-state index contributed by atoms with van der Waals surface area (Å²) in [5.41, 5.74) is 2.49. The molecule has 7 nitrogen and oxygen atoms in total. The summed E-state index contributed by atoms with van der Waals surface area (Å²) in [7, 11) is 0. The van der Waals surface area contributed by atoms with Crippen LogP contribution in [0.2, 0.25) is 0 Å². The molecule has 0 aromatic carbocycles. The first kappa shape index (κ1) is 16.4. The number of carbonyl (C=O) groups excluding carboxylic acids is 1. The van der Waals surface area contributed by atoms with E-state index in [1.54, 1.807) is 18.3 Å². The second-order valence-electron chi connectivity index (χ2n) is 5.87. The number of hydrogen-bond acceptors (Lipinski definition) is 5. The van der Waals surface area contributed by atoms with E-state index in [1.807, 2.05) is 24.6 Å². The maximum atomic E-state index is 12.4. The highest BCUT2D eigenvalue weighted by Crippen LogP contribution is 2.19. The van der Waals surface area contributed by atoms with Crippen molar-refractivity contribution in [2.75, 3.05) is 19.8 Å². The summed E-state index contributed by atoms with van der Waals surface area (Å²) < 4.78 is 13.0. The average Bonchev–Trinajstić information content (AvgIpc) is 3.17. The van der Waals surface area contributed by atoms with E-state index in [1.165, 1.54) is 0 Å². The SMILES string of the molecule is Cc1cc(C)n(CCNC(=O)c2cccnc2O[C@@H]2CCOC2)n1. The third-order valence-corrected chi connectivity index (χ3v) is 3.89. The molecule has 1 aliphatic rings. The fraction of sp³-hybridized carbons (Fsp3) is 0.471. The van der Waals surface area contributed by atoms with Crippen LogP contribution in [-0.4, -0.2) is 46.5 Å². The molecule has 24 heavy (non-hydrogen) atoms. The molecule has 3 rings (SSSR count). The zero-order valence-corrected chi connectivity index (χ0v) is 14.0. The highest BCUT2D eigenvalue weighted by molar-refractivity contribution is 5.96. The van der Waals surface area contributed by atoms with Crippen LogP contribution >= 0.6 is 0 Å². The monoisotopic (exact) mass is 330 g/mol. The number of hydrogen-bond donors (Lipinski definition) is 1. The first-order valence-electron chi connectivity index (χ1n) is 8.12. The summed E-state index contributed by atoms with van der Waals surface area (Å²) in [4.78, 5) is 16.6. The number of rotatable bonds is 6. The van der Waals surface area contributed by atoms with E-state index in [4.69, 9.17) is 9.47 Å². The summed E-state index contributed by atoms with van der Waals surface area (Å²) in [5.74, 6) is 0.162. The minimum absolute atomic E-state index is 0.0406. The van der Waals surface area contributed by atoms with Crippen LogP contribution in [-0.2, 0) is 11.3 Å². The first-order valence-corrected chi connectivity index (χ1v) is 8.12. The lowest BCUT2D eigenvalue weighted by Gasteiger charge is -2.14. The summed E-state index contributed by atoms with van der Waals surface area (Å²) in [6.45, 7) is 6.28. The van der Waals surface area contributed by atoms with Crippen molar-refractivity contribution >= 4 is 5.91 Å². The molecule has 128 valence electrons. The number of nitrogens with one attached hydrogen (secondary N) is 1. The van der Waals surface area contributed by atoms with Crippen molar-refractivity contribution in [3.8, 4) is 5.88 Å². The third-order valence-electron chi connectivity index (χ3n) is 3.89. The Morgan fingerprint density at radius 2 is 2.38 bits per heavy atom. The van der Waals surface area contributed by atoms with Gasteiger partial charge in [-0.25, -0.2) is 4.98 Å². The van der Waals surface area contributed by atoms with Gasteiger partial charge in [-0.1, -0.05) is 0 Å². The molecule has 7 heteroatoms. The molecule has 1 atom stereocenters. The highest BCUT2D eigenvalue weighted by Gasteiger charge is 2.21. The van der Waals surface area contributed by atoms with E-state index in [0.717, 1.165) is 17.8 Å². The van der Waals surface area contributed by atoms with Crippen molar-refractivity contribution in [1.82, 2.24) is 20.1 Å². The minimum Gasteiger partial charge on any atom is -0.471 e. The van der Waals surface area contributed by atoms with E-state index < -0.39 is 0 Å². The quantitative estimate of drug-likeness (QED) is 0.868. The van der Waals surface area contributed by atoms with Crippen LogP contribution < -0.4 is 10.1 Å². The van der Waals surface area contributed by atoms with Crippen molar-refractivity contribution in [3.63, 3.8) is 0 Å². The molecule has 0 spiro atoms. The summed E-state index contributed by atoms with van der Waals surface area (Å²) in [6.07, 6.45) is 2.40. The Kier molecular flexibility index (Phi) is 5.10. The van der Waals surface area contributed by atoms with Crippen molar-refractivity contribution in [2.24, 2.45) is 0 Å². The minimum atomic E-state index is -0.196. The second-order valence-corrected chi connectivity index (χ2v) is 5.87.